The number of carbonyl (C=O) groups is 12. The highest BCUT2D eigenvalue weighted by atomic mass is 16.4. The van der Waals surface area contributed by atoms with Crippen molar-refractivity contribution in [1.29, 1.82) is 0 Å². The number of nitrogens with zero attached hydrogens (tertiary/aromatic N) is 2. The molecule has 0 saturated carbocycles. The zero-order valence-corrected chi connectivity index (χ0v) is 48.8. The van der Waals surface area contributed by atoms with Gasteiger partial charge in [0.05, 0.1) is 31.8 Å². The second-order valence-corrected chi connectivity index (χ2v) is 21.5. The van der Waals surface area contributed by atoms with Gasteiger partial charge in [-0.15, -0.1) is 0 Å². The number of fused-ring (bicyclic) bond motifs is 1. The number of carbonyl (C=O) groups excluding carboxylic acids is 9. The lowest BCUT2D eigenvalue weighted by Crippen LogP contribution is -2.62. The number of hydrogen-bond donors (Lipinski definition) is 17. The number of amides is 9. The lowest BCUT2D eigenvalue weighted by molar-refractivity contribution is -0.143. The molecule has 0 aliphatic rings. The first-order valence-corrected chi connectivity index (χ1v) is 27.6. The molecule has 468 valence electrons. The van der Waals surface area contributed by atoms with Gasteiger partial charge in [0.1, 0.15) is 48.3 Å². The highest BCUT2D eigenvalue weighted by Gasteiger charge is 2.38. The van der Waals surface area contributed by atoms with E-state index in [1.54, 1.807) is 85.9 Å². The van der Waals surface area contributed by atoms with Gasteiger partial charge in [0.15, 0.2) is 5.96 Å². The van der Waals surface area contributed by atoms with E-state index < -0.39 is 169 Å². The summed E-state index contributed by atoms with van der Waals surface area (Å²) >= 11 is 0. The van der Waals surface area contributed by atoms with Gasteiger partial charge < -0.3 is 90.3 Å². The Balaban J connectivity index is 1.92. The number of H-pyrrole nitrogens is 2. The number of nitrogens with two attached hydrogens (primary N) is 3. The van der Waals surface area contributed by atoms with Crippen LogP contribution in [0.25, 0.3) is 10.9 Å². The Hall–Kier alpha value is -9.16. The Bertz CT molecular complexity index is 2850. The molecule has 0 saturated heterocycles. The summed E-state index contributed by atoms with van der Waals surface area (Å²) < 4.78 is 0. The second kappa shape index (κ2) is 33.8. The Kier molecular flexibility index (Phi) is 27.9. The largest absolute Gasteiger partial charge is 0.481 e. The van der Waals surface area contributed by atoms with Crippen molar-refractivity contribution in [2.45, 2.75) is 155 Å². The van der Waals surface area contributed by atoms with E-state index in [-0.39, 0.29) is 38.2 Å². The van der Waals surface area contributed by atoms with Crippen molar-refractivity contribution in [2.75, 3.05) is 13.1 Å². The van der Waals surface area contributed by atoms with Crippen LogP contribution in [0.1, 0.15) is 98.8 Å². The summed E-state index contributed by atoms with van der Waals surface area (Å²) in [6.07, 6.45) is 2.47. The molecule has 2 aromatic heterocycles. The minimum absolute atomic E-state index is 0.139. The van der Waals surface area contributed by atoms with Crippen LogP contribution in [0.4, 0.5) is 0 Å². The van der Waals surface area contributed by atoms with Crippen molar-refractivity contribution in [3.8, 4) is 0 Å². The van der Waals surface area contributed by atoms with Crippen LogP contribution >= 0.6 is 0 Å². The van der Waals surface area contributed by atoms with Crippen LogP contribution in [0.15, 0.2) is 48.0 Å². The maximum atomic E-state index is 14.5. The van der Waals surface area contributed by atoms with Crippen molar-refractivity contribution >= 4 is 87.9 Å². The predicted molar refractivity (Wildman–Crippen MR) is 307 cm³/mol. The molecule has 31 heteroatoms. The minimum Gasteiger partial charge on any atom is -0.481 e. The molecular formula is C54H82N16O15. The third-order valence-corrected chi connectivity index (χ3v) is 13.6. The molecule has 9 amide bonds. The van der Waals surface area contributed by atoms with Crippen molar-refractivity contribution in [3.63, 3.8) is 0 Å². The zero-order valence-electron chi connectivity index (χ0n) is 48.8. The van der Waals surface area contributed by atoms with E-state index in [0.29, 0.717) is 28.6 Å². The van der Waals surface area contributed by atoms with Gasteiger partial charge in [-0.2, -0.15) is 0 Å². The average Bonchev–Trinajstić information content (AvgIpc) is 4.15. The van der Waals surface area contributed by atoms with Crippen LogP contribution in [0.3, 0.4) is 0 Å². The summed E-state index contributed by atoms with van der Waals surface area (Å²) in [5.74, 6) is -15.8. The summed E-state index contributed by atoms with van der Waals surface area (Å²) in [5.41, 5.74) is 18.2. The molecule has 0 aliphatic carbocycles. The van der Waals surface area contributed by atoms with Gasteiger partial charge >= 0.3 is 17.9 Å². The minimum atomic E-state index is -1.83. The summed E-state index contributed by atoms with van der Waals surface area (Å²) in [7, 11) is 0. The highest BCUT2D eigenvalue weighted by Crippen LogP contribution is 2.20. The topological polar surface area (TPSA) is 509 Å². The van der Waals surface area contributed by atoms with Crippen LogP contribution in [0.5, 0.6) is 0 Å². The molecule has 85 heavy (non-hydrogen) atoms. The third-order valence-electron chi connectivity index (χ3n) is 13.6. The molecule has 31 nitrogen and oxygen atoms in total. The predicted octanol–water partition coefficient (Wildman–Crippen LogP) is -2.90. The van der Waals surface area contributed by atoms with Gasteiger partial charge in [0.2, 0.25) is 53.2 Å². The molecule has 3 rings (SSSR count). The maximum Gasteiger partial charge on any atom is 0.326 e. The van der Waals surface area contributed by atoms with Crippen LogP contribution in [-0.2, 0) is 70.4 Å². The molecule has 0 aliphatic heterocycles. The number of benzene rings is 1. The Labute approximate surface area is 490 Å². The number of aromatic nitrogens is 3. The first kappa shape index (κ1) is 70.1. The Morgan fingerprint density at radius 1 is 0.588 bits per heavy atom. The highest BCUT2D eigenvalue weighted by molar-refractivity contribution is 6.00. The van der Waals surface area contributed by atoms with Crippen molar-refractivity contribution < 1.29 is 72.9 Å². The first-order valence-electron chi connectivity index (χ1n) is 27.6. The SMILES string of the molecule is CC[C@H](C)[C@@H](NC(=O)[C@H](CC(=O)O)NC(=O)[C@@H](NC(=O)[C@@H](N)CCCN=C(N)N)C(C)C)C(=O)N[C@@H](Cc1cnc[nH]1)C(=O)N[C@H](C(=O)N[C@@H](Cc1c[nH]c2ccccc12)C(=O)N[C@@H](CC(=O)O)C(=O)NCC(=O)N[C@H](C(=O)O)C(C)C)C(C)C. The number of imidazole rings is 1. The fourth-order valence-corrected chi connectivity index (χ4v) is 8.60. The number of nitrogens with one attached hydrogen (secondary N) is 11. The quantitative estimate of drug-likeness (QED) is 0.0158. The van der Waals surface area contributed by atoms with Gasteiger partial charge in [-0.25, -0.2) is 9.78 Å². The van der Waals surface area contributed by atoms with Crippen LogP contribution in [0.2, 0.25) is 0 Å². The smallest absolute Gasteiger partial charge is 0.326 e. The van der Waals surface area contributed by atoms with E-state index in [1.165, 1.54) is 12.5 Å². The summed E-state index contributed by atoms with van der Waals surface area (Å²) in [6, 6.07) is -6.43. The maximum absolute atomic E-state index is 14.5. The van der Waals surface area contributed by atoms with E-state index in [2.05, 4.69) is 67.8 Å². The van der Waals surface area contributed by atoms with E-state index in [9.17, 15) is 72.9 Å². The Morgan fingerprint density at radius 2 is 1.08 bits per heavy atom. The van der Waals surface area contributed by atoms with Crippen LogP contribution in [-0.4, -0.2) is 175 Å². The van der Waals surface area contributed by atoms with Crippen LogP contribution < -0.4 is 65.1 Å². The number of para-hydroxylation sites is 1. The Morgan fingerprint density at radius 3 is 1.61 bits per heavy atom. The van der Waals surface area contributed by atoms with Gasteiger partial charge in [0, 0.05) is 48.4 Å². The van der Waals surface area contributed by atoms with Crippen molar-refractivity contribution in [1.82, 2.24) is 62.8 Å². The molecule has 0 radical (unpaired) electrons. The molecule has 3 aromatic rings. The number of aliphatic carboxylic acids is 3. The zero-order chi connectivity index (χ0) is 63.8. The lowest BCUT2D eigenvalue weighted by Gasteiger charge is -2.30. The standard InChI is InChI=1S/C54H82N16O15/c1-9-28(8)44(70-49(80)37(20-40(74)75)66-50(81)41(25(2)3)68-45(76)32(55)14-12-16-59-54(56)57)52(83)65-35(18-30-22-58-24-62-30)48(79)69-42(26(4)5)51(82)64-34(17-29-21-60-33-15-11-10-13-31(29)33)47(78)63-36(19-39(72)73)46(77)61-23-38(71)67-43(27(6)7)53(84)85/h10-11,13,15,21-22,24-28,32,34-37,41-44,60H,9,12,14,16-20,23,55H2,1-8H3,(H,58,62)(H,61,77)(H,63,78)(H,64,82)(H,65,83)(H,66,81)(H,67,71)(H,68,76)(H,69,79)(H,70,80)(H,72,73)(H,74,75)(H,84,85)(H4,56,57,59)/t28-,32-,34-,35-,36-,37-,41-,42-,43-,44+/m0/s1. The van der Waals surface area contributed by atoms with E-state index in [0.717, 1.165) is 0 Å². The average molecular weight is 1200 g/mol. The molecular weight excluding hydrogens is 1110 g/mol. The number of hydrogen-bond acceptors (Lipinski definition) is 15. The van der Waals surface area contributed by atoms with Gasteiger partial charge in [-0.05, 0) is 48.1 Å². The second-order valence-electron chi connectivity index (χ2n) is 21.5. The number of aromatic amines is 2. The molecule has 10 atom stereocenters. The van der Waals surface area contributed by atoms with Crippen molar-refractivity contribution in [3.05, 3.63) is 54.2 Å². The number of rotatable bonds is 36. The first-order chi connectivity index (χ1) is 39.9. The molecule has 0 unspecified atom stereocenters. The van der Waals surface area contributed by atoms with E-state index in [4.69, 9.17) is 17.2 Å². The van der Waals surface area contributed by atoms with Gasteiger partial charge in [-0.3, -0.25) is 57.7 Å². The number of carboxylic acid groups (broad SMARTS) is 3. The third kappa shape index (κ3) is 22.8. The summed E-state index contributed by atoms with van der Waals surface area (Å²) in [6.45, 7) is 12.1. The monoisotopic (exact) mass is 1190 g/mol. The number of guanidine groups is 1. The van der Waals surface area contributed by atoms with Gasteiger partial charge in [-0.1, -0.05) is 80.0 Å². The van der Waals surface area contributed by atoms with Crippen molar-refractivity contribution in [2.24, 2.45) is 45.9 Å². The summed E-state index contributed by atoms with van der Waals surface area (Å²) in [4.78, 5) is 174. The lowest BCUT2D eigenvalue weighted by atomic mass is 9.96. The fourth-order valence-electron chi connectivity index (χ4n) is 8.60. The summed E-state index contributed by atoms with van der Waals surface area (Å²) in [5, 5.41) is 51.9. The number of aliphatic imine (C=N–C) groups is 1. The molecule has 0 fully saturated rings. The van der Waals surface area contributed by atoms with Gasteiger partial charge in [0.25, 0.3) is 0 Å². The molecule has 0 spiro atoms. The molecule has 2 heterocycles. The number of carboxylic acids is 3. The normalized spacial score (nSPS) is 14.8. The van der Waals surface area contributed by atoms with Crippen LogP contribution in [0, 0.1) is 23.7 Å². The van der Waals surface area contributed by atoms with E-state index in [1.807, 2.05) is 0 Å². The fraction of sp³-hybridized carbons (Fsp3) is 0.556. The molecule has 1 aromatic carbocycles. The van der Waals surface area contributed by atoms with E-state index >= 15 is 0 Å². The molecule has 20 N–H and O–H groups in total. The molecule has 0 bridgehead atoms.